The summed E-state index contributed by atoms with van der Waals surface area (Å²) >= 11 is 0. The zero-order valence-electron chi connectivity index (χ0n) is 13.6. The van der Waals surface area contributed by atoms with Gasteiger partial charge in [0.15, 0.2) is 6.10 Å². The summed E-state index contributed by atoms with van der Waals surface area (Å²) < 4.78 is 16.2. The van der Waals surface area contributed by atoms with E-state index >= 15 is 0 Å². The van der Waals surface area contributed by atoms with Crippen molar-refractivity contribution in [1.29, 1.82) is 0 Å². The minimum atomic E-state index is -0.847. The van der Waals surface area contributed by atoms with Crippen LogP contribution in [0.1, 0.15) is 40.0 Å². The number of epoxide rings is 1. The molecule has 1 fully saturated rings. The summed E-state index contributed by atoms with van der Waals surface area (Å²) in [5.41, 5.74) is 1.45. The summed E-state index contributed by atoms with van der Waals surface area (Å²) in [5.74, 6) is -1.02. The molecule has 6 nitrogen and oxygen atoms in total. The quantitative estimate of drug-likeness (QED) is 0.470. The van der Waals surface area contributed by atoms with Gasteiger partial charge >= 0.3 is 11.9 Å². The summed E-state index contributed by atoms with van der Waals surface area (Å²) in [4.78, 5) is 23.2. The van der Waals surface area contributed by atoms with Crippen LogP contribution in [0.15, 0.2) is 22.8 Å². The standard InChI is InChI=1S/C17H22O6/c1-9-5-4-6-17(3)15(23-17)14-13(12(19)7-9)11(16(20)22-14)8-21-10(2)18/h5,12,14-15,19H,4,6-8H2,1-3H3/t12-,14-,15-,17+/m0/s1. The summed E-state index contributed by atoms with van der Waals surface area (Å²) in [6, 6.07) is 0. The van der Waals surface area contributed by atoms with Crippen molar-refractivity contribution in [3.05, 3.63) is 22.8 Å². The van der Waals surface area contributed by atoms with Gasteiger partial charge in [-0.3, -0.25) is 4.79 Å². The second kappa shape index (κ2) is 5.76. The number of ether oxygens (including phenoxy) is 3. The summed E-state index contributed by atoms with van der Waals surface area (Å²) in [7, 11) is 0. The highest BCUT2D eigenvalue weighted by molar-refractivity contribution is 5.93. The Labute approximate surface area is 135 Å². The predicted octanol–water partition coefficient (Wildman–Crippen LogP) is 1.42. The summed E-state index contributed by atoms with van der Waals surface area (Å²) in [6.45, 7) is 5.05. The molecule has 0 bridgehead atoms. The van der Waals surface area contributed by atoms with E-state index in [0.717, 1.165) is 18.4 Å². The van der Waals surface area contributed by atoms with E-state index in [2.05, 4.69) is 6.08 Å². The third kappa shape index (κ3) is 3.05. The first kappa shape index (κ1) is 16.2. The Bertz CT molecular complexity index is 604. The number of aliphatic hydroxyl groups excluding tert-OH is 1. The van der Waals surface area contributed by atoms with Crippen LogP contribution in [0.25, 0.3) is 0 Å². The van der Waals surface area contributed by atoms with Crippen molar-refractivity contribution in [3.8, 4) is 0 Å². The van der Waals surface area contributed by atoms with Gasteiger partial charge in [-0.1, -0.05) is 11.6 Å². The van der Waals surface area contributed by atoms with Gasteiger partial charge in [0.2, 0.25) is 0 Å². The third-order valence-corrected chi connectivity index (χ3v) is 4.78. The van der Waals surface area contributed by atoms with Gasteiger partial charge in [-0.25, -0.2) is 4.79 Å². The Morgan fingerprint density at radius 1 is 1.52 bits per heavy atom. The number of fused-ring (bicyclic) bond motifs is 3. The normalized spacial score (nSPS) is 36.6. The molecule has 0 aromatic carbocycles. The molecule has 1 aliphatic carbocycles. The van der Waals surface area contributed by atoms with Crippen molar-refractivity contribution in [2.75, 3.05) is 6.61 Å². The molecule has 0 radical (unpaired) electrons. The maximum Gasteiger partial charge on any atom is 0.338 e. The van der Waals surface area contributed by atoms with Crippen LogP contribution in [0.3, 0.4) is 0 Å². The minimum Gasteiger partial charge on any atom is -0.461 e. The Hall–Kier alpha value is -1.66. The van der Waals surface area contributed by atoms with Crippen molar-refractivity contribution < 1.29 is 28.9 Å². The Morgan fingerprint density at radius 3 is 2.96 bits per heavy atom. The topological polar surface area (TPSA) is 85.4 Å². The molecule has 0 spiro atoms. The molecular weight excluding hydrogens is 300 g/mol. The van der Waals surface area contributed by atoms with Crippen LogP contribution in [0, 0.1) is 0 Å². The first-order valence-electron chi connectivity index (χ1n) is 7.90. The SMILES string of the molecule is CC(=O)OCC1=C2[C@@H](O)CC(C)=CCC[C@@]3(C)O[C@H]3[C@H]2OC1=O. The van der Waals surface area contributed by atoms with Crippen molar-refractivity contribution >= 4 is 11.9 Å². The van der Waals surface area contributed by atoms with E-state index in [1.165, 1.54) is 6.92 Å². The maximum atomic E-state index is 12.2. The lowest BCUT2D eigenvalue weighted by Gasteiger charge is -2.21. The molecule has 3 aliphatic rings. The molecule has 0 aromatic rings. The van der Waals surface area contributed by atoms with E-state index in [-0.39, 0.29) is 23.9 Å². The maximum absolute atomic E-state index is 12.2. The monoisotopic (exact) mass is 322 g/mol. The van der Waals surface area contributed by atoms with Gasteiger partial charge in [0.05, 0.1) is 17.3 Å². The van der Waals surface area contributed by atoms with Crippen LogP contribution >= 0.6 is 0 Å². The summed E-state index contributed by atoms with van der Waals surface area (Å²) in [5, 5.41) is 10.6. The number of allylic oxidation sites excluding steroid dienone is 1. The van der Waals surface area contributed by atoms with Crippen molar-refractivity contribution in [2.45, 2.75) is 63.9 Å². The van der Waals surface area contributed by atoms with Gasteiger partial charge in [0, 0.05) is 12.5 Å². The predicted molar refractivity (Wildman–Crippen MR) is 80.4 cm³/mol. The molecule has 0 unspecified atom stereocenters. The highest BCUT2D eigenvalue weighted by Crippen LogP contribution is 2.48. The first-order chi connectivity index (χ1) is 10.8. The van der Waals surface area contributed by atoms with Crippen LogP contribution in [0.4, 0.5) is 0 Å². The number of aliphatic hydroxyl groups is 1. The van der Waals surface area contributed by atoms with Crippen LogP contribution in [0.2, 0.25) is 0 Å². The summed E-state index contributed by atoms with van der Waals surface area (Å²) in [6.07, 6.45) is 2.53. The van der Waals surface area contributed by atoms with E-state index in [9.17, 15) is 14.7 Å². The molecule has 4 atom stereocenters. The van der Waals surface area contributed by atoms with Crippen molar-refractivity contribution in [2.24, 2.45) is 0 Å². The molecule has 0 aromatic heterocycles. The van der Waals surface area contributed by atoms with E-state index in [1.807, 2.05) is 13.8 Å². The fraction of sp³-hybridized carbons (Fsp3) is 0.647. The molecule has 126 valence electrons. The number of carbonyl (C=O) groups excluding carboxylic acids is 2. The lowest BCUT2D eigenvalue weighted by molar-refractivity contribution is -0.143. The molecular formula is C17H22O6. The van der Waals surface area contributed by atoms with Gasteiger partial charge in [-0.15, -0.1) is 0 Å². The molecule has 1 N–H and O–H groups in total. The van der Waals surface area contributed by atoms with Crippen LogP contribution in [-0.4, -0.2) is 47.6 Å². The second-order valence-corrected chi connectivity index (χ2v) is 6.70. The number of esters is 2. The molecule has 1 saturated heterocycles. The lowest BCUT2D eigenvalue weighted by atomic mass is 9.87. The smallest absolute Gasteiger partial charge is 0.338 e. The Kier molecular flexibility index (Phi) is 4.06. The second-order valence-electron chi connectivity index (χ2n) is 6.70. The molecule has 0 amide bonds. The van der Waals surface area contributed by atoms with Crippen molar-refractivity contribution in [3.63, 3.8) is 0 Å². The van der Waals surface area contributed by atoms with Crippen molar-refractivity contribution in [1.82, 2.24) is 0 Å². The molecule has 0 saturated carbocycles. The first-order valence-corrected chi connectivity index (χ1v) is 7.90. The fourth-order valence-electron chi connectivity index (χ4n) is 3.41. The van der Waals surface area contributed by atoms with Gasteiger partial charge in [-0.05, 0) is 33.1 Å². The van der Waals surface area contributed by atoms with E-state index in [0.29, 0.717) is 12.0 Å². The van der Waals surface area contributed by atoms with Crippen LogP contribution < -0.4 is 0 Å². The average Bonchev–Trinajstić information content (AvgIpc) is 3.00. The van der Waals surface area contributed by atoms with E-state index in [1.54, 1.807) is 0 Å². The lowest BCUT2D eigenvalue weighted by Crippen LogP contribution is -2.30. The Balaban J connectivity index is 1.96. The molecule has 3 rings (SSSR count). The Morgan fingerprint density at radius 2 is 2.26 bits per heavy atom. The number of carbonyl (C=O) groups is 2. The highest BCUT2D eigenvalue weighted by Gasteiger charge is 2.61. The third-order valence-electron chi connectivity index (χ3n) is 4.78. The van der Waals surface area contributed by atoms with E-state index < -0.39 is 24.1 Å². The van der Waals surface area contributed by atoms with Gasteiger partial charge in [-0.2, -0.15) is 0 Å². The van der Waals surface area contributed by atoms with Gasteiger partial charge < -0.3 is 19.3 Å². The van der Waals surface area contributed by atoms with Gasteiger partial charge in [0.1, 0.15) is 12.7 Å². The molecule has 2 aliphatic heterocycles. The number of rotatable bonds is 2. The van der Waals surface area contributed by atoms with E-state index in [4.69, 9.17) is 14.2 Å². The van der Waals surface area contributed by atoms with Crippen LogP contribution in [-0.2, 0) is 23.8 Å². The van der Waals surface area contributed by atoms with Crippen LogP contribution in [0.5, 0.6) is 0 Å². The van der Waals surface area contributed by atoms with Gasteiger partial charge in [0.25, 0.3) is 0 Å². The highest BCUT2D eigenvalue weighted by atomic mass is 16.6. The minimum absolute atomic E-state index is 0.177. The average molecular weight is 322 g/mol. The molecule has 6 heteroatoms. The largest absolute Gasteiger partial charge is 0.461 e. The molecule has 2 heterocycles. The number of hydrogen-bond acceptors (Lipinski definition) is 6. The zero-order valence-corrected chi connectivity index (χ0v) is 13.6. The zero-order chi connectivity index (χ0) is 16.8. The molecule has 23 heavy (non-hydrogen) atoms. The fourth-order valence-corrected chi connectivity index (χ4v) is 3.41. The number of hydrogen-bond donors (Lipinski definition) is 1.